The first-order valence-corrected chi connectivity index (χ1v) is 7.43. The number of ether oxygens (including phenoxy) is 1. The lowest BCUT2D eigenvalue weighted by Crippen LogP contribution is -1.97. The van der Waals surface area contributed by atoms with E-state index < -0.39 is 0 Å². The minimum absolute atomic E-state index is 0.682. The van der Waals surface area contributed by atoms with Crippen molar-refractivity contribution in [2.75, 3.05) is 7.11 Å². The number of aryl methyl sites for hydroxylation is 1. The largest absolute Gasteiger partial charge is 0.497 e. The quantitative estimate of drug-likeness (QED) is 0.692. The van der Waals surface area contributed by atoms with Crippen LogP contribution in [0, 0.1) is 11.3 Å². The summed E-state index contributed by atoms with van der Waals surface area (Å²) in [5.41, 5.74) is 3.59. The molecule has 3 aromatic rings. The van der Waals surface area contributed by atoms with Crippen molar-refractivity contribution in [2.45, 2.75) is 13.5 Å². The van der Waals surface area contributed by atoms with E-state index in [9.17, 15) is 5.26 Å². The van der Waals surface area contributed by atoms with E-state index in [4.69, 9.17) is 16.3 Å². The van der Waals surface area contributed by atoms with Crippen molar-refractivity contribution in [3.8, 4) is 23.1 Å². The van der Waals surface area contributed by atoms with Crippen molar-refractivity contribution in [3.05, 3.63) is 53.1 Å². The zero-order valence-electron chi connectivity index (χ0n) is 12.4. The number of fused-ring (bicyclic) bond motifs is 1. The van der Waals surface area contributed by atoms with Gasteiger partial charge < -0.3 is 9.30 Å². The second-order valence-corrected chi connectivity index (χ2v) is 5.41. The maximum atomic E-state index is 9.65. The van der Waals surface area contributed by atoms with Crippen LogP contribution >= 0.6 is 11.6 Å². The van der Waals surface area contributed by atoms with E-state index in [1.165, 1.54) is 0 Å². The second kappa shape index (κ2) is 5.75. The third kappa shape index (κ3) is 2.22. The smallest absolute Gasteiger partial charge is 0.120 e. The van der Waals surface area contributed by atoms with Gasteiger partial charge in [-0.2, -0.15) is 5.26 Å². The number of halogens is 1. The predicted molar refractivity (Wildman–Crippen MR) is 89.3 cm³/mol. The summed E-state index contributed by atoms with van der Waals surface area (Å²) in [7, 11) is 1.64. The number of hydrogen-bond donors (Lipinski definition) is 0. The molecule has 0 amide bonds. The SMILES string of the molecule is CCn1c(-c2ccc(Cl)cc2)c(C#N)c2ccc(OC)cc21. The molecule has 0 aliphatic rings. The predicted octanol–water partition coefficient (Wildman–Crippen LogP) is 4.86. The number of benzene rings is 2. The number of hydrogen-bond acceptors (Lipinski definition) is 2. The van der Waals surface area contributed by atoms with Gasteiger partial charge in [0.1, 0.15) is 11.8 Å². The van der Waals surface area contributed by atoms with Crippen molar-refractivity contribution in [3.63, 3.8) is 0 Å². The Kier molecular flexibility index (Phi) is 3.79. The zero-order valence-corrected chi connectivity index (χ0v) is 13.2. The number of methoxy groups -OCH3 is 1. The van der Waals surface area contributed by atoms with Crippen LogP contribution in [0.4, 0.5) is 0 Å². The summed E-state index contributed by atoms with van der Waals surface area (Å²) < 4.78 is 7.45. The molecule has 22 heavy (non-hydrogen) atoms. The molecule has 110 valence electrons. The zero-order chi connectivity index (χ0) is 15.7. The molecule has 0 aliphatic heterocycles. The lowest BCUT2D eigenvalue weighted by atomic mass is 10.1. The molecule has 3 nitrogen and oxygen atoms in total. The molecule has 0 fully saturated rings. The van der Waals surface area contributed by atoms with Gasteiger partial charge in [-0.1, -0.05) is 23.7 Å². The Morgan fingerprint density at radius 1 is 1.18 bits per heavy atom. The Labute approximate surface area is 134 Å². The highest BCUT2D eigenvalue weighted by Crippen LogP contribution is 2.35. The average molecular weight is 311 g/mol. The number of nitriles is 1. The van der Waals surface area contributed by atoms with Crippen LogP contribution in [0.15, 0.2) is 42.5 Å². The molecule has 1 aromatic heterocycles. The van der Waals surface area contributed by atoms with Crippen LogP contribution in [-0.2, 0) is 6.54 Å². The fourth-order valence-corrected chi connectivity index (χ4v) is 2.93. The summed E-state index contributed by atoms with van der Waals surface area (Å²) in [6, 6.07) is 15.7. The third-order valence-electron chi connectivity index (χ3n) is 3.82. The fourth-order valence-electron chi connectivity index (χ4n) is 2.81. The summed E-state index contributed by atoms with van der Waals surface area (Å²) in [5, 5.41) is 11.3. The van der Waals surface area contributed by atoms with E-state index >= 15 is 0 Å². The molecule has 0 radical (unpaired) electrons. The lowest BCUT2D eigenvalue weighted by molar-refractivity contribution is 0.415. The Bertz CT molecular complexity index is 873. The van der Waals surface area contributed by atoms with Crippen LogP contribution in [0.25, 0.3) is 22.2 Å². The molecule has 0 aliphatic carbocycles. The van der Waals surface area contributed by atoms with Crippen LogP contribution in [0.3, 0.4) is 0 Å². The maximum Gasteiger partial charge on any atom is 0.120 e. The molecule has 3 rings (SSSR count). The van der Waals surface area contributed by atoms with Gasteiger partial charge >= 0.3 is 0 Å². The van der Waals surface area contributed by atoms with Gasteiger partial charge in [0, 0.05) is 23.0 Å². The molecule has 0 spiro atoms. The van der Waals surface area contributed by atoms with Crippen molar-refractivity contribution >= 4 is 22.5 Å². The Morgan fingerprint density at radius 3 is 2.50 bits per heavy atom. The average Bonchev–Trinajstić information content (AvgIpc) is 2.87. The van der Waals surface area contributed by atoms with Crippen LogP contribution in [0.1, 0.15) is 12.5 Å². The summed E-state index contributed by atoms with van der Waals surface area (Å²) in [6.07, 6.45) is 0. The molecule has 0 N–H and O–H groups in total. The highest BCUT2D eigenvalue weighted by molar-refractivity contribution is 6.30. The first-order chi connectivity index (χ1) is 10.7. The minimum Gasteiger partial charge on any atom is -0.497 e. The molecular formula is C18H15ClN2O. The minimum atomic E-state index is 0.682. The van der Waals surface area contributed by atoms with E-state index in [1.807, 2.05) is 42.5 Å². The fraction of sp³-hybridized carbons (Fsp3) is 0.167. The van der Waals surface area contributed by atoms with E-state index in [2.05, 4.69) is 17.6 Å². The number of nitrogens with zero attached hydrogens (tertiary/aromatic N) is 2. The molecule has 0 bridgehead atoms. The molecule has 4 heteroatoms. The second-order valence-electron chi connectivity index (χ2n) is 4.97. The van der Waals surface area contributed by atoms with Gasteiger partial charge in [0.05, 0.1) is 23.9 Å². The summed E-state index contributed by atoms with van der Waals surface area (Å²) in [6.45, 7) is 2.84. The van der Waals surface area contributed by atoms with Crippen molar-refractivity contribution in [1.29, 1.82) is 5.26 Å². The van der Waals surface area contributed by atoms with Gasteiger partial charge in [0.2, 0.25) is 0 Å². The van der Waals surface area contributed by atoms with Gasteiger partial charge in [-0.3, -0.25) is 0 Å². The van der Waals surface area contributed by atoms with Crippen LogP contribution < -0.4 is 4.74 Å². The van der Waals surface area contributed by atoms with Crippen LogP contribution in [-0.4, -0.2) is 11.7 Å². The number of rotatable bonds is 3. The molecular weight excluding hydrogens is 296 g/mol. The van der Waals surface area contributed by atoms with Gasteiger partial charge in [-0.15, -0.1) is 0 Å². The van der Waals surface area contributed by atoms with Crippen molar-refractivity contribution in [1.82, 2.24) is 4.57 Å². The number of aromatic nitrogens is 1. The van der Waals surface area contributed by atoms with Crippen LogP contribution in [0.2, 0.25) is 5.02 Å². The Hall–Kier alpha value is -2.44. The van der Waals surface area contributed by atoms with Gasteiger partial charge in [-0.05, 0) is 36.8 Å². The standard InChI is InChI=1S/C18H15ClN2O/c1-3-21-17-10-14(22-2)8-9-15(17)16(11-20)18(21)12-4-6-13(19)7-5-12/h4-10H,3H2,1-2H3. The first kappa shape index (κ1) is 14.5. The highest BCUT2D eigenvalue weighted by Gasteiger charge is 2.18. The van der Waals surface area contributed by atoms with Gasteiger partial charge in [-0.25, -0.2) is 0 Å². The van der Waals surface area contributed by atoms with Gasteiger partial charge in [0.15, 0.2) is 0 Å². The lowest BCUT2D eigenvalue weighted by Gasteiger charge is -2.09. The summed E-state index contributed by atoms with van der Waals surface area (Å²) in [4.78, 5) is 0. The molecule has 0 saturated heterocycles. The topological polar surface area (TPSA) is 38.0 Å². The van der Waals surface area contributed by atoms with Crippen molar-refractivity contribution in [2.24, 2.45) is 0 Å². The van der Waals surface area contributed by atoms with Crippen LogP contribution in [0.5, 0.6) is 5.75 Å². The Balaban J connectivity index is 2.37. The van der Waals surface area contributed by atoms with E-state index in [0.29, 0.717) is 10.6 Å². The van der Waals surface area contributed by atoms with E-state index in [-0.39, 0.29) is 0 Å². The Morgan fingerprint density at radius 2 is 1.91 bits per heavy atom. The monoisotopic (exact) mass is 310 g/mol. The van der Waals surface area contributed by atoms with Crippen molar-refractivity contribution < 1.29 is 4.74 Å². The maximum absolute atomic E-state index is 9.65. The van der Waals surface area contributed by atoms with Gasteiger partial charge in [0.25, 0.3) is 0 Å². The summed E-state index contributed by atoms with van der Waals surface area (Å²) >= 11 is 5.98. The molecule has 0 unspecified atom stereocenters. The molecule has 1 heterocycles. The highest BCUT2D eigenvalue weighted by atomic mass is 35.5. The van der Waals surface area contributed by atoms with E-state index in [0.717, 1.165) is 34.5 Å². The van der Waals surface area contributed by atoms with E-state index in [1.54, 1.807) is 7.11 Å². The third-order valence-corrected chi connectivity index (χ3v) is 4.07. The first-order valence-electron chi connectivity index (χ1n) is 7.05. The summed E-state index contributed by atoms with van der Waals surface area (Å²) in [5.74, 6) is 0.784. The normalized spacial score (nSPS) is 10.6. The molecule has 0 saturated carbocycles. The molecule has 0 atom stereocenters. The molecule has 2 aromatic carbocycles.